The Morgan fingerprint density at radius 2 is 1.79 bits per heavy atom. The maximum Gasteiger partial charge on any atom is 0.0716 e. The molecule has 1 aromatic carbocycles. The Morgan fingerprint density at radius 3 is 2.46 bits per heavy atom. The smallest absolute Gasteiger partial charge is 0.0716 e. The van der Waals surface area contributed by atoms with Crippen LogP contribution in [-0.2, 0) is 11.3 Å². The summed E-state index contributed by atoms with van der Waals surface area (Å²) in [6.45, 7) is 13.0. The summed E-state index contributed by atoms with van der Waals surface area (Å²) in [5, 5.41) is 0. The molecule has 0 aromatic heterocycles. The quantitative estimate of drug-likeness (QED) is 0.654. The minimum absolute atomic E-state index is 0.485. The maximum absolute atomic E-state index is 5.91. The lowest BCUT2D eigenvalue weighted by Crippen LogP contribution is -2.51. The van der Waals surface area contributed by atoms with E-state index in [1.54, 1.807) is 0 Å². The molecule has 2 fully saturated rings. The van der Waals surface area contributed by atoms with Crippen molar-refractivity contribution >= 4 is 0 Å². The molecule has 1 saturated heterocycles. The van der Waals surface area contributed by atoms with Crippen LogP contribution in [0.4, 0.5) is 0 Å². The van der Waals surface area contributed by atoms with Crippen molar-refractivity contribution in [3.05, 3.63) is 35.9 Å². The van der Waals surface area contributed by atoms with Crippen molar-refractivity contribution in [2.45, 2.75) is 53.1 Å². The number of nitrogens with zero attached hydrogens (tertiary/aromatic N) is 1. The van der Waals surface area contributed by atoms with E-state index in [4.69, 9.17) is 4.74 Å². The Hall–Kier alpha value is -0.860. The van der Waals surface area contributed by atoms with Gasteiger partial charge in [-0.25, -0.2) is 0 Å². The molecule has 2 aliphatic rings. The molecule has 134 valence electrons. The van der Waals surface area contributed by atoms with Gasteiger partial charge in [-0.1, -0.05) is 51.1 Å². The van der Waals surface area contributed by atoms with Crippen LogP contribution in [0.2, 0.25) is 0 Å². The summed E-state index contributed by atoms with van der Waals surface area (Å²) in [7, 11) is 0. The summed E-state index contributed by atoms with van der Waals surface area (Å²) >= 11 is 0. The summed E-state index contributed by atoms with van der Waals surface area (Å²) in [5.41, 5.74) is 1.77. The highest BCUT2D eigenvalue weighted by molar-refractivity contribution is 5.13. The van der Waals surface area contributed by atoms with Gasteiger partial charge in [0.25, 0.3) is 0 Å². The topological polar surface area (TPSA) is 12.5 Å². The second-order valence-corrected chi connectivity index (χ2v) is 8.76. The molecule has 24 heavy (non-hydrogen) atoms. The first-order chi connectivity index (χ1) is 11.6. The molecule has 0 spiro atoms. The third-order valence-corrected chi connectivity index (χ3v) is 6.75. The third kappa shape index (κ3) is 4.40. The molecule has 1 aliphatic heterocycles. The fourth-order valence-electron chi connectivity index (χ4n) is 4.47. The minimum Gasteiger partial charge on any atom is -0.377 e. The van der Waals surface area contributed by atoms with Crippen molar-refractivity contribution in [1.29, 1.82) is 0 Å². The van der Waals surface area contributed by atoms with E-state index in [9.17, 15) is 0 Å². The van der Waals surface area contributed by atoms with Gasteiger partial charge in [0.15, 0.2) is 0 Å². The van der Waals surface area contributed by atoms with Crippen LogP contribution < -0.4 is 0 Å². The fourth-order valence-corrected chi connectivity index (χ4v) is 4.47. The maximum atomic E-state index is 5.91. The van der Waals surface area contributed by atoms with E-state index in [0.717, 1.165) is 31.0 Å². The van der Waals surface area contributed by atoms with E-state index in [1.807, 2.05) is 0 Å². The summed E-state index contributed by atoms with van der Waals surface area (Å²) in [5.74, 6) is 2.65. The Balaban J connectivity index is 1.35. The van der Waals surface area contributed by atoms with E-state index in [-0.39, 0.29) is 0 Å². The monoisotopic (exact) mass is 329 g/mol. The molecule has 0 bridgehead atoms. The van der Waals surface area contributed by atoms with Crippen LogP contribution in [0.3, 0.4) is 0 Å². The first kappa shape index (κ1) is 17.9. The molecule has 2 nitrogen and oxygen atoms in total. The van der Waals surface area contributed by atoms with Crippen LogP contribution in [0.15, 0.2) is 30.3 Å². The van der Waals surface area contributed by atoms with Crippen LogP contribution >= 0.6 is 0 Å². The van der Waals surface area contributed by atoms with Crippen molar-refractivity contribution in [3.8, 4) is 0 Å². The molecule has 0 radical (unpaired) electrons. The molecule has 0 amide bonds. The van der Waals surface area contributed by atoms with Gasteiger partial charge in [-0.15, -0.1) is 0 Å². The van der Waals surface area contributed by atoms with Gasteiger partial charge in [-0.2, -0.15) is 0 Å². The molecule has 2 heteroatoms. The van der Waals surface area contributed by atoms with E-state index in [0.29, 0.717) is 5.41 Å². The zero-order chi connectivity index (χ0) is 17.0. The van der Waals surface area contributed by atoms with Gasteiger partial charge < -0.3 is 9.64 Å². The molecular weight excluding hydrogens is 294 g/mol. The van der Waals surface area contributed by atoms with Gasteiger partial charge in [-0.3, -0.25) is 0 Å². The number of likely N-dealkylation sites (tertiary alicyclic amines) is 1. The summed E-state index contributed by atoms with van der Waals surface area (Å²) < 4.78 is 5.91. The molecular formula is C22H35NO. The van der Waals surface area contributed by atoms with Crippen LogP contribution in [0.25, 0.3) is 0 Å². The number of ether oxygens (including phenoxy) is 1. The van der Waals surface area contributed by atoms with Crippen molar-refractivity contribution in [1.82, 2.24) is 4.90 Å². The SMILES string of the molecule is CC1CCN(C[C@@H]2C[C@H](CCOCc3ccccc3)C2(C)C)CC1. The zero-order valence-corrected chi connectivity index (χ0v) is 15.8. The Bertz CT molecular complexity index is 490. The average molecular weight is 330 g/mol. The van der Waals surface area contributed by atoms with E-state index >= 15 is 0 Å². The number of hydrogen-bond donors (Lipinski definition) is 0. The molecule has 1 aromatic rings. The highest BCUT2D eigenvalue weighted by Gasteiger charge is 2.47. The Morgan fingerprint density at radius 1 is 1.08 bits per heavy atom. The zero-order valence-electron chi connectivity index (χ0n) is 15.8. The lowest BCUT2D eigenvalue weighted by atomic mass is 9.53. The predicted octanol–water partition coefficient (Wildman–Crippen LogP) is 4.99. The van der Waals surface area contributed by atoms with Crippen molar-refractivity contribution in [2.75, 3.05) is 26.2 Å². The van der Waals surface area contributed by atoms with Gasteiger partial charge >= 0.3 is 0 Å². The summed E-state index contributed by atoms with van der Waals surface area (Å²) in [6, 6.07) is 10.5. The van der Waals surface area contributed by atoms with E-state index in [2.05, 4.69) is 56.0 Å². The summed E-state index contributed by atoms with van der Waals surface area (Å²) in [4.78, 5) is 2.72. The predicted molar refractivity (Wildman–Crippen MR) is 101 cm³/mol. The average Bonchev–Trinajstić information content (AvgIpc) is 2.59. The standard InChI is InChI=1S/C22H35NO/c1-18-9-12-23(13-10-18)16-21-15-20(22(21,2)3)11-14-24-17-19-7-5-4-6-8-19/h4-8,18,20-21H,9-17H2,1-3H3/t20-,21-/m0/s1. The number of rotatable bonds is 7. The largest absolute Gasteiger partial charge is 0.377 e. The van der Waals surface area contributed by atoms with Crippen molar-refractivity contribution in [3.63, 3.8) is 0 Å². The molecule has 0 unspecified atom stereocenters. The lowest BCUT2D eigenvalue weighted by Gasteiger charge is -2.54. The Labute approximate surface area is 148 Å². The van der Waals surface area contributed by atoms with Gasteiger partial charge in [-0.05, 0) is 67.5 Å². The van der Waals surface area contributed by atoms with E-state index in [1.165, 1.54) is 50.9 Å². The van der Waals surface area contributed by atoms with Crippen LogP contribution in [0.1, 0.15) is 52.0 Å². The molecule has 1 saturated carbocycles. The highest BCUT2D eigenvalue weighted by atomic mass is 16.5. The van der Waals surface area contributed by atoms with E-state index < -0.39 is 0 Å². The lowest BCUT2D eigenvalue weighted by molar-refractivity contribution is -0.0602. The molecule has 1 aliphatic carbocycles. The second-order valence-electron chi connectivity index (χ2n) is 8.76. The van der Waals surface area contributed by atoms with Gasteiger partial charge in [0, 0.05) is 13.2 Å². The second kappa shape index (κ2) is 8.01. The first-order valence-corrected chi connectivity index (χ1v) is 9.89. The highest BCUT2D eigenvalue weighted by Crippen LogP contribution is 2.53. The van der Waals surface area contributed by atoms with Crippen LogP contribution in [0, 0.1) is 23.2 Å². The third-order valence-electron chi connectivity index (χ3n) is 6.75. The Kier molecular flexibility index (Phi) is 5.99. The molecule has 2 atom stereocenters. The van der Waals surface area contributed by atoms with Crippen molar-refractivity contribution < 1.29 is 4.74 Å². The summed E-state index contributed by atoms with van der Waals surface area (Å²) in [6.07, 6.45) is 5.40. The van der Waals surface area contributed by atoms with Crippen LogP contribution in [0.5, 0.6) is 0 Å². The van der Waals surface area contributed by atoms with Crippen LogP contribution in [-0.4, -0.2) is 31.1 Å². The fraction of sp³-hybridized carbons (Fsp3) is 0.727. The molecule has 1 heterocycles. The van der Waals surface area contributed by atoms with Gasteiger partial charge in [0.1, 0.15) is 0 Å². The first-order valence-electron chi connectivity index (χ1n) is 9.89. The molecule has 0 N–H and O–H groups in total. The normalized spacial score (nSPS) is 27.8. The minimum atomic E-state index is 0.485. The van der Waals surface area contributed by atoms with Gasteiger partial charge in [0.2, 0.25) is 0 Å². The number of piperidine rings is 1. The van der Waals surface area contributed by atoms with Gasteiger partial charge in [0.05, 0.1) is 6.61 Å². The molecule has 3 rings (SSSR count). The number of benzene rings is 1. The number of hydrogen-bond acceptors (Lipinski definition) is 2. The van der Waals surface area contributed by atoms with Crippen molar-refractivity contribution in [2.24, 2.45) is 23.2 Å².